The van der Waals surface area contributed by atoms with Gasteiger partial charge >= 0.3 is 5.97 Å². The van der Waals surface area contributed by atoms with Gasteiger partial charge in [-0.15, -0.1) is 0 Å². The summed E-state index contributed by atoms with van der Waals surface area (Å²) >= 11 is 5.72. The zero-order chi connectivity index (χ0) is 12.1. The summed E-state index contributed by atoms with van der Waals surface area (Å²) in [6.07, 6.45) is 0.431. The zero-order valence-electron chi connectivity index (χ0n) is 8.62. The molecule has 3 nitrogen and oxygen atoms in total. The predicted octanol–water partition coefficient (Wildman–Crippen LogP) is 2.07. The molecule has 0 fully saturated rings. The molecule has 88 valence electrons. The molecule has 1 unspecified atom stereocenters. The monoisotopic (exact) mass is 245 g/mol. The van der Waals surface area contributed by atoms with Gasteiger partial charge < -0.3 is 10.8 Å². The van der Waals surface area contributed by atoms with Crippen molar-refractivity contribution in [1.82, 2.24) is 0 Å². The molecule has 0 bridgehead atoms. The normalized spacial score (nSPS) is 12.4. The summed E-state index contributed by atoms with van der Waals surface area (Å²) in [5.74, 6) is -2.07. The van der Waals surface area contributed by atoms with E-state index in [9.17, 15) is 9.18 Å². The van der Waals surface area contributed by atoms with Crippen molar-refractivity contribution in [3.05, 3.63) is 34.6 Å². The van der Waals surface area contributed by atoms with Crippen molar-refractivity contribution in [3.63, 3.8) is 0 Å². The van der Waals surface area contributed by atoms with Gasteiger partial charge in [0.1, 0.15) is 5.82 Å². The average molecular weight is 246 g/mol. The van der Waals surface area contributed by atoms with Crippen LogP contribution in [0.3, 0.4) is 0 Å². The fourth-order valence-corrected chi connectivity index (χ4v) is 1.67. The Bertz CT molecular complexity index is 384. The summed E-state index contributed by atoms with van der Waals surface area (Å²) in [5, 5.41) is 9.31. The molecule has 3 N–H and O–H groups in total. The molecule has 0 aliphatic carbocycles. The van der Waals surface area contributed by atoms with Crippen LogP contribution in [-0.2, 0) is 11.2 Å². The maximum absolute atomic E-state index is 13.4. The van der Waals surface area contributed by atoms with Crippen LogP contribution in [0.5, 0.6) is 0 Å². The van der Waals surface area contributed by atoms with E-state index in [4.69, 9.17) is 22.4 Å². The van der Waals surface area contributed by atoms with Crippen LogP contribution < -0.4 is 5.73 Å². The van der Waals surface area contributed by atoms with Crippen molar-refractivity contribution < 1.29 is 14.3 Å². The first-order valence-corrected chi connectivity index (χ1v) is 5.29. The average Bonchev–Trinajstić information content (AvgIpc) is 2.22. The van der Waals surface area contributed by atoms with Gasteiger partial charge in [0.15, 0.2) is 0 Å². The third-order valence-electron chi connectivity index (χ3n) is 2.34. The topological polar surface area (TPSA) is 63.3 Å². The molecule has 0 heterocycles. The highest BCUT2D eigenvalue weighted by Gasteiger charge is 2.18. The number of nitrogens with two attached hydrogens (primary N) is 1. The van der Waals surface area contributed by atoms with Gasteiger partial charge in [0.2, 0.25) is 0 Å². The van der Waals surface area contributed by atoms with Gasteiger partial charge in [-0.1, -0.05) is 11.6 Å². The van der Waals surface area contributed by atoms with Crippen molar-refractivity contribution in [2.24, 2.45) is 11.7 Å². The minimum absolute atomic E-state index is 0.110. The van der Waals surface area contributed by atoms with E-state index >= 15 is 0 Å². The first kappa shape index (κ1) is 12.9. The van der Waals surface area contributed by atoms with E-state index in [0.29, 0.717) is 17.0 Å². The molecule has 0 spiro atoms. The summed E-state index contributed by atoms with van der Waals surface area (Å²) < 4.78 is 13.4. The van der Waals surface area contributed by atoms with Crippen molar-refractivity contribution in [3.8, 4) is 0 Å². The van der Waals surface area contributed by atoms with Gasteiger partial charge in [-0.3, -0.25) is 4.79 Å². The number of hydrogen-bond acceptors (Lipinski definition) is 2. The fourth-order valence-electron chi connectivity index (χ4n) is 1.48. The van der Waals surface area contributed by atoms with Gasteiger partial charge in [-0.25, -0.2) is 4.39 Å². The number of carboxylic acid groups (broad SMARTS) is 1. The highest BCUT2D eigenvalue weighted by molar-refractivity contribution is 6.30. The van der Waals surface area contributed by atoms with Crippen LogP contribution in [-0.4, -0.2) is 17.6 Å². The molecule has 1 aromatic carbocycles. The molecule has 0 aromatic heterocycles. The second kappa shape index (κ2) is 5.82. The lowest BCUT2D eigenvalue weighted by Crippen LogP contribution is -2.20. The van der Waals surface area contributed by atoms with E-state index in [-0.39, 0.29) is 13.0 Å². The van der Waals surface area contributed by atoms with Crippen molar-refractivity contribution >= 4 is 17.6 Å². The Morgan fingerprint density at radius 1 is 1.56 bits per heavy atom. The first-order chi connectivity index (χ1) is 7.54. The Hall–Kier alpha value is -1.13. The number of aliphatic carboxylic acids is 1. The van der Waals surface area contributed by atoms with E-state index in [0.717, 1.165) is 0 Å². The van der Waals surface area contributed by atoms with Gasteiger partial charge in [0.25, 0.3) is 0 Å². The molecule has 16 heavy (non-hydrogen) atoms. The largest absolute Gasteiger partial charge is 0.481 e. The lowest BCUT2D eigenvalue weighted by atomic mass is 9.96. The van der Waals surface area contributed by atoms with E-state index in [2.05, 4.69) is 0 Å². The van der Waals surface area contributed by atoms with Gasteiger partial charge in [-0.05, 0) is 43.1 Å². The Labute approximate surface area is 98.0 Å². The van der Waals surface area contributed by atoms with Gasteiger partial charge in [-0.2, -0.15) is 0 Å². The van der Waals surface area contributed by atoms with Crippen LogP contribution >= 0.6 is 11.6 Å². The van der Waals surface area contributed by atoms with Gasteiger partial charge in [0.05, 0.1) is 5.92 Å². The molecule has 0 aliphatic heterocycles. The number of hydrogen-bond donors (Lipinski definition) is 2. The fraction of sp³-hybridized carbons (Fsp3) is 0.364. The van der Waals surface area contributed by atoms with E-state index in [1.165, 1.54) is 18.2 Å². The molecule has 1 aromatic rings. The lowest BCUT2D eigenvalue weighted by Gasteiger charge is -2.11. The highest BCUT2D eigenvalue weighted by Crippen LogP contribution is 2.19. The molecule has 0 saturated heterocycles. The number of carbonyl (C=O) groups is 1. The molecule has 5 heteroatoms. The molecule has 0 amide bonds. The lowest BCUT2D eigenvalue weighted by molar-refractivity contribution is -0.141. The first-order valence-electron chi connectivity index (χ1n) is 4.91. The standard InChI is InChI=1S/C11H13ClFNO2/c12-9-1-2-10(13)8(6-9)5-7(3-4-14)11(15)16/h1-2,6-7H,3-5,14H2,(H,15,16). The Balaban J connectivity index is 2.84. The van der Waals surface area contributed by atoms with Crippen LogP contribution in [0, 0.1) is 11.7 Å². The molecule has 0 saturated carbocycles. The Morgan fingerprint density at radius 3 is 2.81 bits per heavy atom. The van der Waals surface area contributed by atoms with E-state index < -0.39 is 17.7 Å². The summed E-state index contributed by atoms with van der Waals surface area (Å²) in [6, 6.07) is 4.11. The maximum atomic E-state index is 13.4. The van der Waals surface area contributed by atoms with Crippen molar-refractivity contribution in [2.75, 3.05) is 6.54 Å². The van der Waals surface area contributed by atoms with Crippen LogP contribution in [0.4, 0.5) is 4.39 Å². The summed E-state index contributed by atoms with van der Waals surface area (Å²) in [5.41, 5.74) is 5.62. The van der Waals surface area contributed by atoms with E-state index in [1.807, 2.05) is 0 Å². The van der Waals surface area contributed by atoms with Crippen LogP contribution in [0.15, 0.2) is 18.2 Å². The molecule has 0 aliphatic rings. The van der Waals surface area contributed by atoms with Crippen molar-refractivity contribution in [1.29, 1.82) is 0 Å². The summed E-state index contributed by atoms with van der Waals surface area (Å²) in [4.78, 5) is 10.9. The zero-order valence-corrected chi connectivity index (χ0v) is 9.38. The van der Waals surface area contributed by atoms with Crippen LogP contribution in [0.25, 0.3) is 0 Å². The van der Waals surface area contributed by atoms with E-state index in [1.54, 1.807) is 0 Å². The number of rotatable bonds is 5. The number of halogens is 2. The predicted molar refractivity (Wildman–Crippen MR) is 59.9 cm³/mol. The Morgan fingerprint density at radius 2 is 2.25 bits per heavy atom. The number of carboxylic acids is 1. The van der Waals surface area contributed by atoms with Crippen molar-refractivity contribution in [2.45, 2.75) is 12.8 Å². The third kappa shape index (κ3) is 3.47. The highest BCUT2D eigenvalue weighted by atomic mass is 35.5. The minimum atomic E-state index is -0.968. The molecular weight excluding hydrogens is 233 g/mol. The summed E-state index contributed by atoms with van der Waals surface area (Å²) in [6.45, 7) is 0.263. The Kier molecular flexibility index (Phi) is 4.71. The smallest absolute Gasteiger partial charge is 0.306 e. The van der Waals surface area contributed by atoms with Gasteiger partial charge in [0, 0.05) is 5.02 Å². The number of benzene rings is 1. The molecule has 1 atom stereocenters. The summed E-state index contributed by atoms with van der Waals surface area (Å²) in [7, 11) is 0. The molecular formula is C11H13ClFNO2. The molecule has 0 radical (unpaired) electrons. The third-order valence-corrected chi connectivity index (χ3v) is 2.57. The second-order valence-electron chi connectivity index (χ2n) is 3.55. The van der Waals surface area contributed by atoms with Crippen LogP contribution in [0.2, 0.25) is 5.02 Å². The SMILES string of the molecule is NCCC(Cc1cc(Cl)ccc1F)C(=O)O. The second-order valence-corrected chi connectivity index (χ2v) is 3.99. The molecule has 1 rings (SSSR count). The quantitative estimate of drug-likeness (QED) is 0.835. The minimum Gasteiger partial charge on any atom is -0.481 e. The maximum Gasteiger partial charge on any atom is 0.306 e. The van der Waals surface area contributed by atoms with Crippen LogP contribution in [0.1, 0.15) is 12.0 Å².